The van der Waals surface area contributed by atoms with Gasteiger partial charge in [-0.15, -0.1) is 11.8 Å². The minimum Gasteiger partial charge on any atom is -0.477 e. The number of amides is 1. The zero-order valence-electron chi connectivity index (χ0n) is 15.8. The molecule has 0 saturated carbocycles. The summed E-state index contributed by atoms with van der Waals surface area (Å²) in [6.07, 6.45) is 4.68. The van der Waals surface area contributed by atoms with Gasteiger partial charge in [0.05, 0.1) is 18.1 Å². The molecule has 1 amide bonds. The molecular formula is C20H23N3O4S. The predicted molar refractivity (Wildman–Crippen MR) is 106 cm³/mol. The van der Waals surface area contributed by atoms with Crippen LogP contribution in [0, 0.1) is 11.8 Å². The summed E-state index contributed by atoms with van der Waals surface area (Å²) in [4.78, 5) is 30.6. The Morgan fingerprint density at radius 1 is 1.39 bits per heavy atom. The molecule has 148 valence electrons. The number of β-lactam (4-membered cyclic amide) rings is 1. The monoisotopic (exact) mass is 401 g/mol. The molecule has 0 radical (unpaired) electrons. The van der Waals surface area contributed by atoms with E-state index in [1.54, 1.807) is 13.1 Å². The van der Waals surface area contributed by atoms with Gasteiger partial charge < -0.3 is 19.5 Å². The van der Waals surface area contributed by atoms with Crippen LogP contribution in [-0.2, 0) is 16.0 Å². The van der Waals surface area contributed by atoms with E-state index in [0.29, 0.717) is 0 Å². The average Bonchev–Trinajstić information content (AvgIpc) is 3.21. The maximum absolute atomic E-state index is 12.4. The second-order valence-electron chi connectivity index (χ2n) is 7.40. The van der Waals surface area contributed by atoms with E-state index in [2.05, 4.69) is 15.5 Å². The van der Waals surface area contributed by atoms with Crippen molar-refractivity contribution < 1.29 is 19.8 Å². The number of hydrogen-bond acceptors (Lipinski definition) is 5. The zero-order chi connectivity index (χ0) is 20.0. The summed E-state index contributed by atoms with van der Waals surface area (Å²) in [6, 6.07) is 5.77. The number of carboxylic acid groups (broad SMARTS) is 1. The lowest BCUT2D eigenvalue weighted by Gasteiger charge is -2.46. The highest BCUT2D eigenvalue weighted by molar-refractivity contribution is 8.03. The number of carboxylic acids is 1. The van der Waals surface area contributed by atoms with Crippen molar-refractivity contribution in [2.45, 2.75) is 38.8 Å². The molecule has 28 heavy (non-hydrogen) atoms. The molecule has 3 unspecified atom stereocenters. The third kappa shape index (κ3) is 2.91. The Morgan fingerprint density at radius 3 is 2.89 bits per heavy atom. The summed E-state index contributed by atoms with van der Waals surface area (Å²) < 4.78 is 2.06. The SMILES string of the molecule is CC(O)C1C(=O)N2C(C(=O)O)=C(SCCCc3cccc4nccn34)[C@H](C)C12. The summed E-state index contributed by atoms with van der Waals surface area (Å²) >= 11 is 1.52. The zero-order valence-corrected chi connectivity index (χ0v) is 16.6. The number of aliphatic hydroxyl groups excluding tert-OH is 1. The van der Waals surface area contributed by atoms with Crippen LogP contribution in [0.2, 0.25) is 0 Å². The van der Waals surface area contributed by atoms with Crippen LogP contribution < -0.4 is 0 Å². The Bertz CT molecular complexity index is 967. The van der Waals surface area contributed by atoms with Gasteiger partial charge >= 0.3 is 5.97 Å². The van der Waals surface area contributed by atoms with E-state index in [1.807, 2.05) is 25.3 Å². The number of aryl methyl sites for hydroxylation is 1. The minimum atomic E-state index is -1.07. The van der Waals surface area contributed by atoms with Crippen LogP contribution in [-0.4, -0.2) is 54.3 Å². The van der Waals surface area contributed by atoms with Crippen molar-refractivity contribution in [1.82, 2.24) is 14.3 Å². The van der Waals surface area contributed by atoms with E-state index < -0.39 is 18.0 Å². The van der Waals surface area contributed by atoms with Gasteiger partial charge in [-0.3, -0.25) is 4.79 Å². The highest BCUT2D eigenvalue weighted by atomic mass is 32.2. The summed E-state index contributed by atoms with van der Waals surface area (Å²) in [6.45, 7) is 3.54. The number of imidazole rings is 1. The average molecular weight is 401 g/mol. The number of carbonyl (C=O) groups is 2. The van der Waals surface area contributed by atoms with Gasteiger partial charge in [0.25, 0.3) is 0 Å². The van der Waals surface area contributed by atoms with Crippen molar-refractivity contribution in [3.05, 3.63) is 46.9 Å². The van der Waals surface area contributed by atoms with Crippen molar-refractivity contribution in [3.8, 4) is 0 Å². The standard InChI is InChI=1S/C20H23N3O4S/c1-11-16-15(12(2)24)19(25)23(16)17(20(26)27)18(11)28-10-4-6-13-5-3-7-14-21-8-9-22(13)14/h3,5,7-9,11-12,15-16,24H,4,6,10H2,1-2H3,(H,26,27)/t11-,12?,15?,16?/m1/s1. The minimum absolute atomic E-state index is 0.0783. The normalized spacial score (nSPS) is 25.2. The Hall–Kier alpha value is -2.32. The summed E-state index contributed by atoms with van der Waals surface area (Å²) in [7, 11) is 0. The Morgan fingerprint density at radius 2 is 2.18 bits per heavy atom. The van der Waals surface area contributed by atoms with Gasteiger partial charge in [-0.2, -0.15) is 0 Å². The first-order valence-corrected chi connectivity index (χ1v) is 10.4. The lowest BCUT2D eigenvalue weighted by Crippen LogP contribution is -2.63. The summed E-state index contributed by atoms with van der Waals surface area (Å²) in [5, 5.41) is 19.6. The van der Waals surface area contributed by atoms with Gasteiger partial charge in [0.15, 0.2) is 0 Å². The van der Waals surface area contributed by atoms with Gasteiger partial charge in [-0.1, -0.05) is 13.0 Å². The highest BCUT2D eigenvalue weighted by Gasteiger charge is 2.59. The molecule has 0 spiro atoms. The molecule has 1 fully saturated rings. The Kier molecular flexibility index (Phi) is 4.93. The fraction of sp³-hybridized carbons (Fsp3) is 0.450. The Balaban J connectivity index is 1.44. The van der Waals surface area contributed by atoms with Gasteiger partial charge in [0, 0.05) is 28.9 Å². The third-order valence-corrected chi connectivity index (χ3v) is 7.03. The van der Waals surface area contributed by atoms with E-state index in [-0.39, 0.29) is 23.6 Å². The molecule has 1 saturated heterocycles. The lowest BCUT2D eigenvalue weighted by atomic mass is 9.79. The second-order valence-corrected chi connectivity index (χ2v) is 8.53. The number of fused-ring (bicyclic) bond motifs is 2. The van der Waals surface area contributed by atoms with Crippen LogP contribution >= 0.6 is 11.8 Å². The van der Waals surface area contributed by atoms with Crippen molar-refractivity contribution in [1.29, 1.82) is 0 Å². The third-order valence-electron chi connectivity index (χ3n) is 5.66. The van der Waals surface area contributed by atoms with Crippen molar-refractivity contribution in [2.75, 3.05) is 5.75 Å². The second kappa shape index (κ2) is 7.25. The molecule has 2 N–H and O–H groups in total. The first kappa shape index (κ1) is 19.0. The van der Waals surface area contributed by atoms with Gasteiger partial charge in [0.2, 0.25) is 5.91 Å². The van der Waals surface area contributed by atoms with Gasteiger partial charge in [-0.05, 0) is 37.7 Å². The van der Waals surface area contributed by atoms with Crippen molar-refractivity contribution in [3.63, 3.8) is 0 Å². The molecule has 2 aromatic heterocycles. The fourth-order valence-electron chi connectivity index (χ4n) is 4.36. The van der Waals surface area contributed by atoms with E-state index in [4.69, 9.17) is 0 Å². The number of thioether (sulfide) groups is 1. The van der Waals surface area contributed by atoms with Crippen molar-refractivity contribution in [2.24, 2.45) is 11.8 Å². The molecule has 4 rings (SSSR count). The number of hydrogen-bond donors (Lipinski definition) is 2. The van der Waals surface area contributed by atoms with Crippen LogP contribution in [0.25, 0.3) is 5.65 Å². The maximum Gasteiger partial charge on any atom is 0.353 e. The lowest BCUT2D eigenvalue weighted by molar-refractivity contribution is -0.163. The maximum atomic E-state index is 12.4. The van der Waals surface area contributed by atoms with E-state index >= 15 is 0 Å². The smallest absolute Gasteiger partial charge is 0.353 e. The molecule has 4 atom stereocenters. The van der Waals surface area contributed by atoms with E-state index in [0.717, 1.165) is 34.8 Å². The van der Waals surface area contributed by atoms with E-state index in [9.17, 15) is 19.8 Å². The number of aromatic nitrogens is 2. The van der Waals surface area contributed by atoms with Gasteiger partial charge in [-0.25, -0.2) is 9.78 Å². The summed E-state index contributed by atoms with van der Waals surface area (Å²) in [5.41, 5.74) is 2.18. The quantitative estimate of drug-likeness (QED) is 0.545. The highest BCUT2D eigenvalue weighted by Crippen LogP contribution is 2.50. The molecular weight excluding hydrogens is 378 g/mol. The number of pyridine rings is 1. The number of rotatable bonds is 7. The van der Waals surface area contributed by atoms with Crippen LogP contribution in [0.3, 0.4) is 0 Å². The topological polar surface area (TPSA) is 95.1 Å². The number of aliphatic hydroxyl groups is 1. The molecule has 2 aliphatic rings. The Labute approximate surface area is 167 Å². The molecule has 0 bridgehead atoms. The number of nitrogens with zero attached hydrogens (tertiary/aromatic N) is 3. The van der Waals surface area contributed by atoms with Crippen LogP contribution in [0.4, 0.5) is 0 Å². The number of carbonyl (C=O) groups excluding carboxylic acids is 1. The summed E-state index contributed by atoms with van der Waals surface area (Å²) in [5.74, 6) is -1.19. The van der Waals surface area contributed by atoms with Gasteiger partial charge in [0.1, 0.15) is 11.3 Å². The molecule has 0 aliphatic carbocycles. The van der Waals surface area contributed by atoms with E-state index in [1.165, 1.54) is 16.7 Å². The first-order chi connectivity index (χ1) is 13.4. The molecule has 4 heterocycles. The number of aliphatic carboxylic acids is 1. The predicted octanol–water partition coefficient (Wildman–Crippen LogP) is 2.15. The fourth-order valence-corrected chi connectivity index (χ4v) is 5.59. The molecule has 2 aliphatic heterocycles. The van der Waals surface area contributed by atoms with Crippen molar-refractivity contribution >= 4 is 29.3 Å². The van der Waals surface area contributed by atoms with Crippen LogP contribution in [0.15, 0.2) is 41.2 Å². The van der Waals surface area contributed by atoms with Crippen LogP contribution in [0.1, 0.15) is 26.0 Å². The molecule has 8 heteroatoms. The first-order valence-electron chi connectivity index (χ1n) is 9.44. The van der Waals surface area contributed by atoms with Crippen LogP contribution in [0.5, 0.6) is 0 Å². The largest absolute Gasteiger partial charge is 0.477 e. The molecule has 0 aromatic carbocycles. The molecule has 7 nitrogen and oxygen atoms in total. The molecule has 2 aromatic rings.